The zero-order valence-electron chi connectivity index (χ0n) is 17.9. The van der Waals surface area contributed by atoms with Crippen molar-refractivity contribution in [1.82, 2.24) is 15.3 Å². The van der Waals surface area contributed by atoms with E-state index in [2.05, 4.69) is 39.8 Å². The van der Waals surface area contributed by atoms with Gasteiger partial charge in [0.05, 0.1) is 5.52 Å². The van der Waals surface area contributed by atoms with Crippen molar-refractivity contribution in [2.45, 2.75) is 51.0 Å². The Morgan fingerprint density at radius 3 is 2.48 bits per heavy atom. The third-order valence-electron chi connectivity index (χ3n) is 6.43. The lowest BCUT2D eigenvalue weighted by molar-refractivity contribution is 0.313. The minimum absolute atomic E-state index is 0.478. The van der Waals surface area contributed by atoms with Crippen molar-refractivity contribution in [1.29, 1.82) is 0 Å². The molecule has 2 aromatic rings. The van der Waals surface area contributed by atoms with Crippen molar-refractivity contribution in [3.8, 4) is 0 Å². The molecule has 5 nitrogen and oxygen atoms in total. The maximum absolute atomic E-state index is 4.80. The molecule has 1 saturated carbocycles. The SMILES string of the molecule is CN(C)c1nc(NC2CCC(CNCC3CC=CCC3)CC2)nc2ccccc12. The molecule has 5 heteroatoms. The Balaban J connectivity index is 1.28. The van der Waals surface area contributed by atoms with Crippen molar-refractivity contribution in [2.75, 3.05) is 37.4 Å². The number of hydrogen-bond donors (Lipinski definition) is 2. The number of allylic oxidation sites excluding steroid dienone is 2. The van der Waals surface area contributed by atoms with Gasteiger partial charge in [0.15, 0.2) is 0 Å². The van der Waals surface area contributed by atoms with Gasteiger partial charge in [-0.3, -0.25) is 0 Å². The number of hydrogen-bond acceptors (Lipinski definition) is 5. The van der Waals surface area contributed by atoms with E-state index in [0.717, 1.165) is 34.5 Å². The normalized spacial score (nSPS) is 24.6. The van der Waals surface area contributed by atoms with E-state index in [0.29, 0.717) is 6.04 Å². The molecule has 1 heterocycles. The van der Waals surface area contributed by atoms with Gasteiger partial charge in [0.25, 0.3) is 0 Å². The van der Waals surface area contributed by atoms with Gasteiger partial charge < -0.3 is 15.5 Å². The van der Waals surface area contributed by atoms with E-state index in [1.807, 2.05) is 26.2 Å². The zero-order chi connectivity index (χ0) is 20.1. The van der Waals surface area contributed by atoms with Crippen molar-refractivity contribution in [3.05, 3.63) is 36.4 Å². The lowest BCUT2D eigenvalue weighted by atomic mass is 9.86. The Morgan fingerprint density at radius 2 is 1.72 bits per heavy atom. The minimum atomic E-state index is 0.478. The molecule has 1 aromatic heterocycles. The van der Waals surface area contributed by atoms with E-state index in [1.54, 1.807) is 0 Å². The third kappa shape index (κ3) is 5.27. The van der Waals surface area contributed by atoms with Crippen LogP contribution in [0.4, 0.5) is 11.8 Å². The highest BCUT2D eigenvalue weighted by Crippen LogP contribution is 2.28. The maximum atomic E-state index is 4.80. The highest BCUT2D eigenvalue weighted by atomic mass is 15.2. The second kappa shape index (κ2) is 9.57. The molecule has 2 N–H and O–H groups in total. The Bertz CT molecular complexity index is 823. The fourth-order valence-corrected chi connectivity index (χ4v) is 4.69. The molecule has 2 aliphatic rings. The number of para-hydroxylation sites is 1. The summed E-state index contributed by atoms with van der Waals surface area (Å²) >= 11 is 0. The highest BCUT2D eigenvalue weighted by Gasteiger charge is 2.22. The summed E-state index contributed by atoms with van der Waals surface area (Å²) in [7, 11) is 4.08. The molecule has 0 spiro atoms. The number of benzene rings is 1. The highest BCUT2D eigenvalue weighted by molar-refractivity contribution is 5.90. The Labute approximate surface area is 175 Å². The van der Waals surface area contributed by atoms with Crippen LogP contribution in [0.5, 0.6) is 0 Å². The largest absolute Gasteiger partial charge is 0.362 e. The van der Waals surface area contributed by atoms with Crippen LogP contribution in [0.1, 0.15) is 44.9 Å². The first-order chi connectivity index (χ1) is 14.2. The summed E-state index contributed by atoms with van der Waals surface area (Å²) in [5.74, 6) is 3.39. The van der Waals surface area contributed by atoms with Crippen LogP contribution >= 0.6 is 0 Å². The van der Waals surface area contributed by atoms with Gasteiger partial charge in [-0.25, -0.2) is 4.98 Å². The first-order valence-electron chi connectivity index (χ1n) is 11.3. The summed E-state index contributed by atoms with van der Waals surface area (Å²) in [5, 5.41) is 8.47. The topological polar surface area (TPSA) is 53.1 Å². The van der Waals surface area contributed by atoms with Gasteiger partial charge in [0.1, 0.15) is 5.82 Å². The van der Waals surface area contributed by atoms with E-state index in [4.69, 9.17) is 9.97 Å². The summed E-state index contributed by atoms with van der Waals surface area (Å²) in [5.41, 5.74) is 1.00. The molecule has 156 valence electrons. The van der Waals surface area contributed by atoms with Gasteiger partial charge in [-0.15, -0.1) is 0 Å². The first-order valence-corrected chi connectivity index (χ1v) is 11.3. The molecule has 0 saturated heterocycles. The average molecular weight is 394 g/mol. The summed E-state index contributed by atoms with van der Waals surface area (Å²) in [6.07, 6.45) is 13.5. The van der Waals surface area contributed by atoms with Crippen LogP contribution in [0.3, 0.4) is 0 Å². The van der Waals surface area contributed by atoms with Gasteiger partial charge >= 0.3 is 0 Å². The van der Waals surface area contributed by atoms with Gasteiger partial charge in [-0.1, -0.05) is 24.3 Å². The molecule has 0 bridgehead atoms. The maximum Gasteiger partial charge on any atom is 0.225 e. The summed E-state index contributed by atoms with van der Waals surface area (Å²) in [6.45, 7) is 2.35. The van der Waals surface area contributed by atoms with Crippen LogP contribution in [0.2, 0.25) is 0 Å². The molecule has 0 amide bonds. The van der Waals surface area contributed by atoms with Gasteiger partial charge in [-0.05, 0) is 82.0 Å². The van der Waals surface area contributed by atoms with E-state index < -0.39 is 0 Å². The Kier molecular flexibility index (Phi) is 6.65. The number of aromatic nitrogens is 2. The number of nitrogens with zero attached hydrogens (tertiary/aromatic N) is 3. The van der Waals surface area contributed by atoms with Crippen molar-refractivity contribution in [3.63, 3.8) is 0 Å². The Morgan fingerprint density at radius 1 is 0.931 bits per heavy atom. The standard InChI is InChI=1S/C24H35N5/c1-29(2)23-21-10-6-7-11-22(21)27-24(28-23)26-20-14-12-19(13-15-20)17-25-16-18-8-4-3-5-9-18/h3-4,6-7,10-11,18-20,25H,5,8-9,12-17H2,1-2H3,(H,26,27,28). The van der Waals surface area contributed by atoms with Crippen LogP contribution in [0.25, 0.3) is 10.9 Å². The molecule has 1 fully saturated rings. The predicted octanol–water partition coefficient (Wildman–Crippen LogP) is 4.61. The lowest BCUT2D eigenvalue weighted by Crippen LogP contribution is -2.33. The lowest BCUT2D eigenvalue weighted by Gasteiger charge is -2.30. The number of rotatable bonds is 7. The molecular weight excluding hydrogens is 358 g/mol. The van der Waals surface area contributed by atoms with Gasteiger partial charge in [0.2, 0.25) is 5.95 Å². The van der Waals surface area contributed by atoms with E-state index in [9.17, 15) is 0 Å². The minimum Gasteiger partial charge on any atom is -0.362 e. The molecule has 1 unspecified atom stereocenters. The van der Waals surface area contributed by atoms with Crippen molar-refractivity contribution >= 4 is 22.7 Å². The molecule has 2 aliphatic carbocycles. The molecule has 29 heavy (non-hydrogen) atoms. The number of fused-ring (bicyclic) bond motifs is 1. The second-order valence-electron chi connectivity index (χ2n) is 8.95. The molecule has 1 atom stereocenters. The van der Waals surface area contributed by atoms with Crippen molar-refractivity contribution in [2.24, 2.45) is 11.8 Å². The van der Waals surface area contributed by atoms with Crippen LogP contribution in [0.15, 0.2) is 36.4 Å². The predicted molar refractivity (Wildman–Crippen MR) is 123 cm³/mol. The molecular formula is C24H35N5. The van der Waals surface area contributed by atoms with Crippen LogP contribution < -0.4 is 15.5 Å². The van der Waals surface area contributed by atoms with Gasteiger partial charge in [0, 0.05) is 25.5 Å². The monoisotopic (exact) mass is 393 g/mol. The molecule has 0 radical (unpaired) electrons. The third-order valence-corrected chi connectivity index (χ3v) is 6.43. The number of nitrogens with one attached hydrogen (secondary N) is 2. The zero-order valence-corrected chi connectivity index (χ0v) is 17.9. The van der Waals surface area contributed by atoms with Crippen LogP contribution in [-0.2, 0) is 0 Å². The quantitative estimate of drug-likeness (QED) is 0.673. The van der Waals surface area contributed by atoms with Gasteiger partial charge in [-0.2, -0.15) is 4.98 Å². The summed E-state index contributed by atoms with van der Waals surface area (Å²) in [6, 6.07) is 8.73. The van der Waals surface area contributed by atoms with Crippen molar-refractivity contribution < 1.29 is 0 Å². The fourth-order valence-electron chi connectivity index (χ4n) is 4.69. The molecule has 1 aromatic carbocycles. The van der Waals surface area contributed by atoms with Crippen LogP contribution in [-0.4, -0.2) is 43.2 Å². The fraction of sp³-hybridized carbons (Fsp3) is 0.583. The van der Waals surface area contributed by atoms with E-state index >= 15 is 0 Å². The smallest absolute Gasteiger partial charge is 0.225 e. The molecule has 0 aliphatic heterocycles. The van der Waals surface area contributed by atoms with E-state index in [-0.39, 0.29) is 0 Å². The molecule has 4 rings (SSSR count). The van der Waals surface area contributed by atoms with E-state index in [1.165, 1.54) is 58.0 Å². The summed E-state index contributed by atoms with van der Waals surface area (Å²) in [4.78, 5) is 11.6. The second-order valence-corrected chi connectivity index (χ2v) is 8.95. The first kappa shape index (κ1) is 20.1. The van der Waals surface area contributed by atoms with Crippen LogP contribution in [0, 0.1) is 11.8 Å². The number of anilines is 2. The average Bonchev–Trinajstić information content (AvgIpc) is 2.75. The Hall–Kier alpha value is -2.14. The summed E-state index contributed by atoms with van der Waals surface area (Å²) < 4.78 is 0.